The molecular formula is C17H19NO3. The van der Waals surface area contributed by atoms with Crippen LogP contribution < -0.4 is 5.32 Å². The molecule has 1 aliphatic carbocycles. The van der Waals surface area contributed by atoms with Crippen LogP contribution in [-0.2, 0) is 4.79 Å². The van der Waals surface area contributed by atoms with Crippen molar-refractivity contribution in [3.05, 3.63) is 36.1 Å². The highest BCUT2D eigenvalue weighted by molar-refractivity contribution is 6.00. The Morgan fingerprint density at radius 1 is 1.14 bits per heavy atom. The van der Waals surface area contributed by atoms with Crippen molar-refractivity contribution in [2.24, 2.45) is 0 Å². The van der Waals surface area contributed by atoms with Crippen LogP contribution >= 0.6 is 0 Å². The van der Waals surface area contributed by atoms with E-state index in [1.807, 2.05) is 24.3 Å². The van der Waals surface area contributed by atoms with Gasteiger partial charge in [-0.15, -0.1) is 0 Å². The molecule has 3 rings (SSSR count). The van der Waals surface area contributed by atoms with E-state index in [9.17, 15) is 9.59 Å². The molecule has 1 aliphatic rings. The van der Waals surface area contributed by atoms with E-state index in [1.165, 1.54) is 0 Å². The number of benzene rings is 1. The zero-order chi connectivity index (χ0) is 14.9. The van der Waals surface area contributed by atoms with Crippen molar-refractivity contribution >= 4 is 22.7 Å². The van der Waals surface area contributed by atoms with Crippen molar-refractivity contribution in [3.8, 4) is 0 Å². The molecule has 1 N–H and O–H groups in total. The Morgan fingerprint density at radius 3 is 2.52 bits per heavy atom. The van der Waals surface area contributed by atoms with Gasteiger partial charge in [0.1, 0.15) is 5.58 Å². The number of carbonyl (C=O) groups excluding carboxylic acids is 2. The van der Waals surface area contributed by atoms with E-state index in [2.05, 4.69) is 5.32 Å². The highest BCUT2D eigenvalue weighted by Crippen LogP contribution is 2.30. The van der Waals surface area contributed by atoms with Crippen LogP contribution in [0, 0.1) is 0 Å². The summed E-state index contributed by atoms with van der Waals surface area (Å²) >= 11 is 0. The molecule has 0 atom stereocenters. The lowest BCUT2D eigenvalue weighted by atomic mass is 9.79. The number of ketones is 1. The molecule has 1 heterocycles. The predicted molar refractivity (Wildman–Crippen MR) is 80.2 cm³/mol. The molecule has 0 spiro atoms. The molecule has 4 heteroatoms. The maximum absolute atomic E-state index is 12.4. The fourth-order valence-electron chi connectivity index (χ4n) is 3.09. The number of nitrogens with one attached hydrogen (secondary N) is 1. The lowest BCUT2D eigenvalue weighted by molar-refractivity contribution is -0.124. The molecule has 1 amide bonds. The van der Waals surface area contributed by atoms with Gasteiger partial charge in [-0.1, -0.05) is 37.5 Å². The second kappa shape index (κ2) is 5.35. The summed E-state index contributed by atoms with van der Waals surface area (Å²) in [5.74, 6) is -0.00244. The van der Waals surface area contributed by atoms with E-state index >= 15 is 0 Å². The van der Waals surface area contributed by atoms with Gasteiger partial charge in [0.25, 0.3) is 5.91 Å². The Morgan fingerprint density at radius 2 is 1.86 bits per heavy atom. The van der Waals surface area contributed by atoms with Crippen LogP contribution in [0.5, 0.6) is 0 Å². The molecule has 0 radical (unpaired) electrons. The van der Waals surface area contributed by atoms with E-state index in [-0.39, 0.29) is 17.5 Å². The van der Waals surface area contributed by atoms with Crippen LogP contribution in [0.2, 0.25) is 0 Å². The van der Waals surface area contributed by atoms with Gasteiger partial charge in [0.15, 0.2) is 11.5 Å². The van der Waals surface area contributed by atoms with Crippen molar-refractivity contribution in [1.29, 1.82) is 0 Å². The minimum Gasteiger partial charge on any atom is -0.451 e. The van der Waals surface area contributed by atoms with Crippen molar-refractivity contribution in [1.82, 2.24) is 5.32 Å². The van der Waals surface area contributed by atoms with Gasteiger partial charge < -0.3 is 9.73 Å². The fraction of sp³-hybridized carbons (Fsp3) is 0.412. The summed E-state index contributed by atoms with van der Waals surface area (Å²) in [7, 11) is 0. The van der Waals surface area contributed by atoms with Crippen molar-refractivity contribution in [2.45, 2.75) is 44.6 Å². The molecule has 21 heavy (non-hydrogen) atoms. The average Bonchev–Trinajstić information content (AvgIpc) is 2.92. The number of amides is 1. The second-order valence-electron chi connectivity index (χ2n) is 5.80. The maximum Gasteiger partial charge on any atom is 0.287 e. The van der Waals surface area contributed by atoms with Crippen molar-refractivity contribution < 1.29 is 14.0 Å². The molecule has 110 valence electrons. The van der Waals surface area contributed by atoms with Crippen LogP contribution in [0.1, 0.15) is 49.6 Å². The van der Waals surface area contributed by atoms with Crippen LogP contribution in [0.4, 0.5) is 0 Å². The van der Waals surface area contributed by atoms with Crippen molar-refractivity contribution in [2.75, 3.05) is 0 Å². The molecule has 1 aromatic carbocycles. The highest BCUT2D eigenvalue weighted by Gasteiger charge is 2.38. The quantitative estimate of drug-likeness (QED) is 0.939. The van der Waals surface area contributed by atoms with Crippen LogP contribution in [0.3, 0.4) is 0 Å². The molecule has 0 saturated heterocycles. The first-order valence-electron chi connectivity index (χ1n) is 7.43. The Hall–Kier alpha value is -2.10. The van der Waals surface area contributed by atoms with Crippen LogP contribution in [-0.4, -0.2) is 17.2 Å². The van der Waals surface area contributed by atoms with Gasteiger partial charge in [-0.05, 0) is 31.9 Å². The number of para-hydroxylation sites is 1. The Labute approximate surface area is 123 Å². The number of Topliss-reactive ketones (excluding diaryl/α,β-unsaturated/α-hetero) is 1. The number of fused-ring (bicyclic) bond motifs is 1. The van der Waals surface area contributed by atoms with E-state index in [0.717, 1.165) is 24.6 Å². The zero-order valence-electron chi connectivity index (χ0n) is 12.1. The molecule has 0 unspecified atom stereocenters. The van der Waals surface area contributed by atoms with Gasteiger partial charge >= 0.3 is 0 Å². The van der Waals surface area contributed by atoms with Gasteiger partial charge in [-0.2, -0.15) is 0 Å². The summed E-state index contributed by atoms with van der Waals surface area (Å²) in [6.45, 7) is 1.56. The van der Waals surface area contributed by atoms with E-state index < -0.39 is 5.54 Å². The molecule has 1 fully saturated rings. The third-order valence-electron chi connectivity index (χ3n) is 4.38. The molecule has 4 nitrogen and oxygen atoms in total. The Kier molecular flexibility index (Phi) is 3.53. The minimum absolute atomic E-state index is 0.0339. The standard InChI is InChI=1S/C17H19NO3/c1-12(19)17(9-5-2-6-10-17)18-16(20)15-11-13-7-3-4-8-14(13)21-15/h3-4,7-8,11H,2,5-6,9-10H2,1H3,(H,18,20). The van der Waals surface area contributed by atoms with Gasteiger partial charge in [-0.3, -0.25) is 9.59 Å². The molecule has 1 saturated carbocycles. The van der Waals surface area contributed by atoms with E-state index in [4.69, 9.17) is 4.42 Å². The van der Waals surface area contributed by atoms with Gasteiger partial charge in [-0.25, -0.2) is 0 Å². The molecule has 0 bridgehead atoms. The maximum atomic E-state index is 12.4. The molecule has 1 aromatic heterocycles. The average molecular weight is 285 g/mol. The van der Waals surface area contributed by atoms with Gasteiger partial charge in [0, 0.05) is 5.39 Å². The summed E-state index contributed by atoms with van der Waals surface area (Å²) in [4.78, 5) is 24.4. The lowest BCUT2D eigenvalue weighted by Crippen LogP contribution is -2.54. The zero-order valence-corrected chi connectivity index (χ0v) is 12.1. The number of carbonyl (C=O) groups is 2. The third kappa shape index (κ3) is 2.58. The number of hydrogen-bond donors (Lipinski definition) is 1. The van der Waals surface area contributed by atoms with Crippen molar-refractivity contribution in [3.63, 3.8) is 0 Å². The first-order chi connectivity index (χ1) is 10.1. The van der Waals surface area contributed by atoms with E-state index in [1.54, 1.807) is 13.0 Å². The Balaban J connectivity index is 1.85. The van der Waals surface area contributed by atoms with Crippen LogP contribution in [0.15, 0.2) is 34.7 Å². The molecule has 0 aliphatic heterocycles. The summed E-state index contributed by atoms with van der Waals surface area (Å²) in [6, 6.07) is 9.22. The number of furan rings is 1. The summed E-state index contributed by atoms with van der Waals surface area (Å²) in [5, 5.41) is 3.82. The Bertz CT molecular complexity index is 647. The first kappa shape index (κ1) is 13.9. The summed E-state index contributed by atoms with van der Waals surface area (Å²) < 4.78 is 5.57. The minimum atomic E-state index is -0.714. The largest absolute Gasteiger partial charge is 0.451 e. The predicted octanol–water partition coefficient (Wildman–Crippen LogP) is 3.45. The van der Waals surface area contributed by atoms with Gasteiger partial charge in [0.05, 0.1) is 5.54 Å². The number of rotatable bonds is 3. The summed E-state index contributed by atoms with van der Waals surface area (Å²) in [6.07, 6.45) is 4.50. The van der Waals surface area contributed by atoms with Gasteiger partial charge in [0.2, 0.25) is 0 Å². The lowest BCUT2D eigenvalue weighted by Gasteiger charge is -2.35. The third-order valence-corrected chi connectivity index (χ3v) is 4.38. The van der Waals surface area contributed by atoms with Crippen LogP contribution in [0.25, 0.3) is 11.0 Å². The smallest absolute Gasteiger partial charge is 0.287 e. The second-order valence-corrected chi connectivity index (χ2v) is 5.80. The van der Waals surface area contributed by atoms with E-state index in [0.29, 0.717) is 18.4 Å². The first-order valence-corrected chi connectivity index (χ1v) is 7.43. The fourth-order valence-corrected chi connectivity index (χ4v) is 3.09. The normalized spacial score (nSPS) is 17.6. The summed E-state index contributed by atoms with van der Waals surface area (Å²) in [5.41, 5.74) is -0.0305. The SMILES string of the molecule is CC(=O)C1(NC(=O)c2cc3ccccc3o2)CCCCC1. The monoisotopic (exact) mass is 285 g/mol. The number of hydrogen-bond acceptors (Lipinski definition) is 3. The topological polar surface area (TPSA) is 59.3 Å². The highest BCUT2D eigenvalue weighted by atomic mass is 16.3. The molecule has 2 aromatic rings. The molecular weight excluding hydrogens is 266 g/mol.